The predicted octanol–water partition coefficient (Wildman–Crippen LogP) is 2.67. The van der Waals surface area contributed by atoms with Gasteiger partial charge in [0, 0.05) is 20.1 Å². The Morgan fingerprint density at radius 3 is 2.26 bits per heavy atom. The number of aliphatic hydroxyl groups excluding tert-OH is 1. The van der Waals surface area contributed by atoms with Gasteiger partial charge in [-0.15, -0.1) is 0 Å². The van der Waals surface area contributed by atoms with Crippen LogP contribution in [0.4, 0.5) is 9.59 Å². The van der Waals surface area contributed by atoms with Gasteiger partial charge in [-0.3, -0.25) is 4.79 Å². The normalized spacial score (nSPS) is 12.1. The molecule has 9 nitrogen and oxygen atoms in total. The first-order chi connectivity index (χ1) is 14.4. The van der Waals surface area contributed by atoms with Gasteiger partial charge in [0.05, 0.1) is 6.61 Å². The van der Waals surface area contributed by atoms with E-state index in [0.717, 1.165) is 0 Å². The number of carbonyl (C=O) groups is 3. The summed E-state index contributed by atoms with van der Waals surface area (Å²) in [5.74, 6) is 0.193. The first-order valence-electron chi connectivity index (χ1n) is 10.3. The molecule has 174 valence electrons. The van der Waals surface area contributed by atoms with Crippen LogP contribution in [0.25, 0.3) is 0 Å². The lowest BCUT2D eigenvalue weighted by molar-refractivity contribution is -0.123. The molecular formula is C22H35N3O6. The van der Waals surface area contributed by atoms with Gasteiger partial charge >= 0.3 is 12.2 Å². The Hall–Kier alpha value is -2.81. The highest BCUT2D eigenvalue weighted by Gasteiger charge is 2.25. The Morgan fingerprint density at radius 1 is 1.13 bits per heavy atom. The molecule has 0 aromatic heterocycles. The summed E-state index contributed by atoms with van der Waals surface area (Å²) in [5.41, 5.74) is 0.0524. The van der Waals surface area contributed by atoms with Crippen LogP contribution < -0.4 is 15.4 Å². The van der Waals surface area contributed by atoms with Crippen molar-refractivity contribution in [3.63, 3.8) is 0 Å². The number of hydrogen-bond donors (Lipinski definition) is 3. The number of likely N-dealkylation sites (N-methyl/N-ethyl adjacent to an activating group) is 1. The standard InChI is InChI=1S/C22H35N3O6/c1-15(2)13-18(24-20(28)31-22(3,4)5)19(27)23-11-12-25(6)21(29)30-17-9-7-16(14-26)8-10-17/h7-10,15,18,26H,11-14H2,1-6H3,(H,23,27)(H,24,28)/t18-/m0/s1. The molecule has 9 heteroatoms. The van der Waals surface area contributed by atoms with Gasteiger partial charge in [-0.1, -0.05) is 26.0 Å². The van der Waals surface area contributed by atoms with Crippen LogP contribution in [0.5, 0.6) is 5.75 Å². The molecule has 0 aliphatic heterocycles. The maximum absolute atomic E-state index is 12.5. The number of amides is 3. The maximum atomic E-state index is 12.5. The zero-order chi connectivity index (χ0) is 23.6. The van der Waals surface area contributed by atoms with E-state index in [1.807, 2.05) is 13.8 Å². The summed E-state index contributed by atoms with van der Waals surface area (Å²) in [6.45, 7) is 9.48. The minimum Gasteiger partial charge on any atom is -0.444 e. The Morgan fingerprint density at radius 2 is 1.74 bits per heavy atom. The van der Waals surface area contributed by atoms with Crippen molar-refractivity contribution in [3.8, 4) is 5.75 Å². The van der Waals surface area contributed by atoms with Gasteiger partial charge < -0.3 is 30.1 Å². The summed E-state index contributed by atoms with van der Waals surface area (Å²) < 4.78 is 10.5. The molecule has 1 atom stereocenters. The number of alkyl carbamates (subject to hydrolysis) is 1. The Balaban J connectivity index is 2.52. The predicted molar refractivity (Wildman–Crippen MR) is 117 cm³/mol. The van der Waals surface area contributed by atoms with Crippen molar-refractivity contribution in [3.05, 3.63) is 29.8 Å². The van der Waals surface area contributed by atoms with E-state index < -0.39 is 23.8 Å². The fraction of sp³-hybridized carbons (Fsp3) is 0.591. The zero-order valence-electron chi connectivity index (χ0n) is 19.2. The number of nitrogens with one attached hydrogen (secondary N) is 2. The van der Waals surface area contributed by atoms with Crippen LogP contribution in [0.2, 0.25) is 0 Å². The third-order valence-corrected chi connectivity index (χ3v) is 4.08. The SMILES string of the molecule is CC(C)C[C@H](NC(=O)OC(C)(C)C)C(=O)NCCN(C)C(=O)Oc1ccc(CO)cc1. The summed E-state index contributed by atoms with van der Waals surface area (Å²) in [6.07, 6.45) is -0.773. The van der Waals surface area contributed by atoms with Crippen molar-refractivity contribution in [2.24, 2.45) is 5.92 Å². The second-order valence-corrected chi connectivity index (χ2v) is 8.71. The molecule has 0 aliphatic rings. The first kappa shape index (κ1) is 26.2. The number of aliphatic hydroxyl groups is 1. The van der Waals surface area contributed by atoms with Gasteiger partial charge in [0.25, 0.3) is 0 Å². The monoisotopic (exact) mass is 437 g/mol. The van der Waals surface area contributed by atoms with Crippen LogP contribution in [-0.4, -0.2) is 59.9 Å². The molecule has 0 radical (unpaired) electrons. The van der Waals surface area contributed by atoms with Crippen LogP contribution in [0.1, 0.15) is 46.6 Å². The number of carbonyl (C=O) groups excluding carboxylic acids is 3. The van der Waals surface area contributed by atoms with Crippen molar-refractivity contribution < 1.29 is 29.0 Å². The van der Waals surface area contributed by atoms with Gasteiger partial charge in [0.1, 0.15) is 17.4 Å². The van der Waals surface area contributed by atoms with Crippen LogP contribution in [-0.2, 0) is 16.1 Å². The number of benzene rings is 1. The highest BCUT2D eigenvalue weighted by Crippen LogP contribution is 2.13. The molecule has 3 amide bonds. The molecule has 1 aromatic carbocycles. The lowest BCUT2D eigenvalue weighted by Crippen LogP contribution is -2.50. The summed E-state index contributed by atoms with van der Waals surface area (Å²) in [5, 5.41) is 14.4. The number of rotatable bonds is 9. The second kappa shape index (κ2) is 12.1. The largest absolute Gasteiger partial charge is 0.444 e. The molecule has 3 N–H and O–H groups in total. The average Bonchev–Trinajstić information content (AvgIpc) is 2.66. The van der Waals surface area contributed by atoms with E-state index >= 15 is 0 Å². The lowest BCUT2D eigenvalue weighted by atomic mass is 10.0. The highest BCUT2D eigenvalue weighted by atomic mass is 16.6. The van der Waals surface area contributed by atoms with E-state index in [0.29, 0.717) is 17.7 Å². The molecule has 0 aliphatic carbocycles. The van der Waals surface area contributed by atoms with Crippen molar-refractivity contribution in [2.75, 3.05) is 20.1 Å². The van der Waals surface area contributed by atoms with Crippen LogP contribution >= 0.6 is 0 Å². The molecule has 1 rings (SSSR count). The quantitative estimate of drug-likeness (QED) is 0.547. The Labute approximate surface area is 184 Å². The molecule has 0 bridgehead atoms. The van der Waals surface area contributed by atoms with Gasteiger partial charge in [0.2, 0.25) is 5.91 Å². The molecule has 0 saturated carbocycles. The average molecular weight is 438 g/mol. The number of nitrogens with zero attached hydrogens (tertiary/aromatic N) is 1. The van der Waals surface area contributed by atoms with Crippen molar-refractivity contribution in [1.29, 1.82) is 0 Å². The van der Waals surface area contributed by atoms with E-state index in [1.54, 1.807) is 52.1 Å². The molecular weight excluding hydrogens is 402 g/mol. The molecule has 31 heavy (non-hydrogen) atoms. The maximum Gasteiger partial charge on any atom is 0.415 e. The van der Waals surface area contributed by atoms with Crippen LogP contribution in [0.15, 0.2) is 24.3 Å². The summed E-state index contributed by atoms with van der Waals surface area (Å²) >= 11 is 0. The molecule has 1 aromatic rings. The van der Waals surface area contributed by atoms with Crippen molar-refractivity contribution >= 4 is 18.1 Å². The fourth-order valence-corrected chi connectivity index (χ4v) is 2.56. The van der Waals surface area contributed by atoms with Crippen LogP contribution in [0, 0.1) is 5.92 Å². The smallest absolute Gasteiger partial charge is 0.415 e. The molecule has 0 saturated heterocycles. The van der Waals surface area contributed by atoms with Gasteiger partial charge in [0.15, 0.2) is 0 Å². The van der Waals surface area contributed by atoms with E-state index in [4.69, 9.17) is 14.6 Å². The van der Waals surface area contributed by atoms with E-state index in [2.05, 4.69) is 10.6 Å². The minimum atomic E-state index is -0.739. The van der Waals surface area contributed by atoms with Gasteiger partial charge in [-0.2, -0.15) is 0 Å². The van der Waals surface area contributed by atoms with Crippen LogP contribution in [0.3, 0.4) is 0 Å². The Bertz CT molecular complexity index is 728. The topological polar surface area (TPSA) is 117 Å². The third-order valence-electron chi connectivity index (χ3n) is 4.08. The fourth-order valence-electron chi connectivity index (χ4n) is 2.56. The molecule has 0 fully saturated rings. The van der Waals surface area contributed by atoms with E-state index in [1.165, 1.54) is 4.90 Å². The highest BCUT2D eigenvalue weighted by molar-refractivity contribution is 5.85. The van der Waals surface area contributed by atoms with Gasteiger partial charge in [-0.05, 0) is 50.8 Å². The number of hydrogen-bond acceptors (Lipinski definition) is 6. The summed E-state index contributed by atoms with van der Waals surface area (Å²) in [7, 11) is 1.56. The molecule has 0 heterocycles. The summed E-state index contributed by atoms with van der Waals surface area (Å²) in [6, 6.07) is 5.78. The summed E-state index contributed by atoms with van der Waals surface area (Å²) in [4.78, 5) is 38.1. The minimum absolute atomic E-state index is 0.0889. The van der Waals surface area contributed by atoms with Crippen molar-refractivity contribution in [2.45, 2.75) is 59.3 Å². The zero-order valence-corrected chi connectivity index (χ0v) is 19.2. The Kier molecular flexibility index (Phi) is 10.3. The van der Waals surface area contributed by atoms with E-state index in [-0.39, 0.29) is 31.5 Å². The lowest BCUT2D eigenvalue weighted by Gasteiger charge is -2.24. The first-order valence-corrected chi connectivity index (χ1v) is 10.3. The van der Waals surface area contributed by atoms with E-state index in [9.17, 15) is 14.4 Å². The molecule has 0 unspecified atom stereocenters. The molecule has 0 spiro atoms. The van der Waals surface area contributed by atoms with Crippen molar-refractivity contribution in [1.82, 2.24) is 15.5 Å². The van der Waals surface area contributed by atoms with Gasteiger partial charge in [-0.25, -0.2) is 9.59 Å². The number of ether oxygens (including phenoxy) is 2. The third kappa shape index (κ3) is 10.7. The second-order valence-electron chi connectivity index (χ2n) is 8.71.